The maximum atomic E-state index is 13.9. The van der Waals surface area contributed by atoms with E-state index in [4.69, 9.17) is 9.84 Å². The third-order valence-electron chi connectivity index (χ3n) is 6.99. The van der Waals surface area contributed by atoms with Gasteiger partial charge in [0.25, 0.3) is 0 Å². The van der Waals surface area contributed by atoms with Crippen LogP contribution in [0.25, 0.3) is 0 Å². The summed E-state index contributed by atoms with van der Waals surface area (Å²) in [5.41, 5.74) is -0.265. The summed E-state index contributed by atoms with van der Waals surface area (Å²) in [4.78, 5) is 76.8. The van der Waals surface area contributed by atoms with E-state index in [1.807, 2.05) is 0 Å². The van der Waals surface area contributed by atoms with Gasteiger partial charge < -0.3 is 35.8 Å². The van der Waals surface area contributed by atoms with Crippen LogP contribution in [0.15, 0.2) is 41.8 Å². The van der Waals surface area contributed by atoms with E-state index in [0.717, 1.165) is 11.7 Å². The topological polar surface area (TPSA) is 226 Å². The minimum absolute atomic E-state index is 0.0970. The summed E-state index contributed by atoms with van der Waals surface area (Å²) < 4.78 is 28.3. The van der Waals surface area contributed by atoms with Crippen molar-refractivity contribution in [1.82, 2.24) is 20.9 Å². The molecule has 1 aliphatic rings. The molecule has 254 valence electrons. The van der Waals surface area contributed by atoms with E-state index in [1.54, 1.807) is 51.1 Å². The van der Waals surface area contributed by atoms with Gasteiger partial charge in [-0.05, 0) is 30.2 Å². The maximum absolute atomic E-state index is 13.9. The number of hydrogen-bond donors (Lipinski definition) is 5. The number of nitrogens with zero attached hydrogens (tertiary/aromatic N) is 1. The van der Waals surface area contributed by atoms with Gasteiger partial charge in [0.05, 0.1) is 6.42 Å². The summed E-state index contributed by atoms with van der Waals surface area (Å²) in [6.07, 6.45) is 0.519. The van der Waals surface area contributed by atoms with Crippen LogP contribution in [0.3, 0.4) is 0 Å². The first kappa shape index (κ1) is 37.7. The van der Waals surface area contributed by atoms with E-state index in [2.05, 4.69) is 16.0 Å². The molecule has 1 fully saturated rings. The van der Waals surface area contributed by atoms with Gasteiger partial charge >= 0.3 is 18.0 Å². The van der Waals surface area contributed by atoms with Crippen molar-refractivity contribution in [2.75, 3.05) is 12.8 Å². The Balaban J connectivity index is 2.20. The number of alkyl carbamates (subject to hydrolysis) is 1. The van der Waals surface area contributed by atoms with Crippen LogP contribution in [0.1, 0.15) is 58.4 Å². The van der Waals surface area contributed by atoms with Crippen LogP contribution < -0.4 is 16.0 Å². The predicted molar refractivity (Wildman–Crippen MR) is 165 cm³/mol. The Hall–Kier alpha value is -4.47. The molecule has 0 saturated carbocycles. The quantitative estimate of drug-likeness (QED) is 0.179. The van der Waals surface area contributed by atoms with Crippen molar-refractivity contribution in [2.24, 2.45) is 5.41 Å². The molecule has 1 aromatic carbocycles. The van der Waals surface area contributed by atoms with Crippen molar-refractivity contribution in [1.29, 1.82) is 0 Å². The van der Waals surface area contributed by atoms with E-state index in [1.165, 1.54) is 11.0 Å². The molecule has 0 aliphatic carbocycles. The highest BCUT2D eigenvalue weighted by Gasteiger charge is 2.43. The number of aliphatic carboxylic acids is 2. The average Bonchev–Trinajstić information content (AvgIpc) is 3.45. The zero-order chi connectivity index (χ0) is 34.7. The third kappa shape index (κ3) is 12.9. The molecule has 46 heavy (non-hydrogen) atoms. The van der Waals surface area contributed by atoms with E-state index in [0.29, 0.717) is 12.0 Å². The zero-order valence-electron chi connectivity index (χ0n) is 26.2. The molecule has 0 bridgehead atoms. The number of nitrogens with one attached hydrogen (secondary N) is 3. The highest BCUT2D eigenvalue weighted by atomic mass is 32.2. The third-order valence-corrected chi connectivity index (χ3v) is 7.64. The summed E-state index contributed by atoms with van der Waals surface area (Å²) in [7, 11) is -3.57. The lowest BCUT2D eigenvalue weighted by molar-refractivity contribution is -0.145. The Bertz CT molecular complexity index is 1410. The van der Waals surface area contributed by atoms with Gasteiger partial charge in [0.1, 0.15) is 24.7 Å². The average molecular weight is 667 g/mol. The highest BCUT2D eigenvalue weighted by molar-refractivity contribution is 7.93. The molecule has 0 radical (unpaired) electrons. The SMILES string of the molecule is CC(C)(C)[C@@H](NC(=O)[C@H](CC(=O)O)NC(=O)OCc1ccccc1)C(=O)N1CCC[C@H]1C(=O)N[C@H](/C=C/S(C)(=O)=O)CCC(=O)O. The van der Waals surface area contributed by atoms with Crippen LogP contribution in [0.5, 0.6) is 0 Å². The summed E-state index contributed by atoms with van der Waals surface area (Å²) in [5.74, 6) is -4.75. The van der Waals surface area contributed by atoms with Gasteiger partial charge in [-0.2, -0.15) is 0 Å². The summed E-state index contributed by atoms with van der Waals surface area (Å²) >= 11 is 0. The van der Waals surface area contributed by atoms with Crippen LogP contribution >= 0.6 is 0 Å². The molecule has 15 nitrogen and oxygen atoms in total. The highest BCUT2D eigenvalue weighted by Crippen LogP contribution is 2.26. The van der Waals surface area contributed by atoms with Crippen molar-refractivity contribution in [2.45, 2.75) is 83.6 Å². The first-order valence-corrected chi connectivity index (χ1v) is 16.5. The number of carbonyl (C=O) groups is 6. The van der Waals surface area contributed by atoms with Gasteiger partial charge in [-0.3, -0.25) is 24.0 Å². The zero-order valence-corrected chi connectivity index (χ0v) is 27.0. The van der Waals surface area contributed by atoms with Crippen LogP contribution in [0, 0.1) is 5.41 Å². The molecule has 0 unspecified atom stereocenters. The number of sulfone groups is 1. The molecule has 1 heterocycles. The fourth-order valence-electron chi connectivity index (χ4n) is 4.66. The molecule has 4 atom stereocenters. The van der Waals surface area contributed by atoms with Gasteiger partial charge in [0.2, 0.25) is 17.7 Å². The lowest BCUT2D eigenvalue weighted by atomic mass is 9.85. The molecule has 1 aliphatic heterocycles. The largest absolute Gasteiger partial charge is 0.481 e. The molecule has 0 aromatic heterocycles. The Kier molecular flexibility index (Phi) is 13.7. The lowest BCUT2D eigenvalue weighted by Gasteiger charge is -2.36. The van der Waals surface area contributed by atoms with Crippen LogP contribution in [0.4, 0.5) is 4.79 Å². The van der Waals surface area contributed by atoms with Crippen molar-refractivity contribution in [3.8, 4) is 0 Å². The van der Waals surface area contributed by atoms with Crippen LogP contribution in [-0.4, -0.2) is 96.3 Å². The minimum Gasteiger partial charge on any atom is -0.481 e. The van der Waals surface area contributed by atoms with Gasteiger partial charge in [0.15, 0.2) is 9.84 Å². The Labute approximate surface area is 267 Å². The molecule has 1 saturated heterocycles. The number of benzene rings is 1. The molecule has 5 N–H and O–H groups in total. The molecule has 4 amide bonds. The van der Waals surface area contributed by atoms with Crippen molar-refractivity contribution >= 4 is 45.6 Å². The lowest BCUT2D eigenvalue weighted by Crippen LogP contribution is -2.60. The van der Waals surface area contributed by atoms with E-state index >= 15 is 0 Å². The van der Waals surface area contributed by atoms with Gasteiger partial charge in [0, 0.05) is 30.7 Å². The minimum atomic E-state index is -3.57. The number of hydrogen-bond acceptors (Lipinski definition) is 9. The van der Waals surface area contributed by atoms with E-state index in [9.17, 15) is 42.3 Å². The normalized spacial score (nSPS) is 17.0. The monoisotopic (exact) mass is 666 g/mol. The first-order chi connectivity index (χ1) is 21.4. The van der Waals surface area contributed by atoms with Crippen molar-refractivity contribution in [3.63, 3.8) is 0 Å². The number of amides is 4. The Morgan fingerprint density at radius 1 is 1.02 bits per heavy atom. The molecule has 16 heteroatoms. The maximum Gasteiger partial charge on any atom is 0.408 e. The molecular formula is C30H42N4O11S. The summed E-state index contributed by atoms with van der Waals surface area (Å²) in [6, 6.07) is 3.89. The summed E-state index contributed by atoms with van der Waals surface area (Å²) in [6.45, 7) is 5.00. The van der Waals surface area contributed by atoms with Crippen LogP contribution in [0.2, 0.25) is 0 Å². The second kappa shape index (κ2) is 16.7. The molecular weight excluding hydrogens is 624 g/mol. The number of carboxylic acid groups (broad SMARTS) is 2. The smallest absolute Gasteiger partial charge is 0.408 e. The van der Waals surface area contributed by atoms with Crippen molar-refractivity contribution < 1.29 is 52.1 Å². The number of carboxylic acids is 2. The fraction of sp³-hybridized carbons (Fsp3) is 0.533. The van der Waals surface area contributed by atoms with E-state index < -0.39 is 81.6 Å². The molecule has 0 spiro atoms. The number of likely N-dealkylation sites (tertiary alicyclic amines) is 1. The summed E-state index contributed by atoms with van der Waals surface area (Å²) in [5, 5.41) is 26.7. The molecule has 1 aromatic rings. The van der Waals surface area contributed by atoms with Gasteiger partial charge in [-0.1, -0.05) is 57.2 Å². The Morgan fingerprint density at radius 3 is 2.24 bits per heavy atom. The second-order valence-corrected chi connectivity index (χ2v) is 14.0. The first-order valence-electron chi connectivity index (χ1n) is 14.6. The number of ether oxygens (including phenoxy) is 1. The standard InChI is InChI=1S/C30H42N4O11S/c1-30(2,3)25(33-26(39)21(17-24(37)38)32-29(42)45-18-19-9-6-5-7-10-19)28(41)34-15-8-11-22(34)27(40)31-20(12-13-23(35)36)14-16-46(4,43)44/h5-7,9-10,14,16,20-22,25H,8,11-13,15,17-18H2,1-4H3,(H,31,40)(H,32,42)(H,33,39)(H,35,36)(H,37,38)/b16-14+/t20-,21-,22-,25-/m0/s1. The second-order valence-electron chi connectivity index (χ2n) is 12.1. The van der Waals surface area contributed by atoms with E-state index in [-0.39, 0.29) is 32.4 Å². The van der Waals surface area contributed by atoms with Gasteiger partial charge in [-0.15, -0.1) is 0 Å². The predicted octanol–water partition coefficient (Wildman–Crippen LogP) is 1.19. The van der Waals surface area contributed by atoms with Gasteiger partial charge in [-0.25, -0.2) is 13.2 Å². The fourth-order valence-corrected chi connectivity index (χ4v) is 5.14. The van der Waals surface area contributed by atoms with Crippen LogP contribution in [-0.2, 0) is 45.2 Å². The molecule has 2 rings (SSSR count). The van der Waals surface area contributed by atoms with Crippen molar-refractivity contribution in [3.05, 3.63) is 47.4 Å². The Morgan fingerprint density at radius 2 is 1.67 bits per heavy atom. The number of rotatable bonds is 15. The number of carbonyl (C=O) groups excluding carboxylic acids is 4.